The summed E-state index contributed by atoms with van der Waals surface area (Å²) in [6, 6.07) is 0. The lowest BCUT2D eigenvalue weighted by Crippen LogP contribution is -2.57. The van der Waals surface area contributed by atoms with Gasteiger partial charge in [0.2, 0.25) is 0 Å². The molecule has 1 atom stereocenters. The Hall–Kier alpha value is -0.940. The summed E-state index contributed by atoms with van der Waals surface area (Å²) >= 11 is 0. The van der Waals surface area contributed by atoms with Crippen LogP contribution in [0.5, 0.6) is 0 Å². The van der Waals surface area contributed by atoms with Gasteiger partial charge in [-0.3, -0.25) is 4.79 Å². The molecule has 0 bridgehead atoms. The maximum atomic E-state index is 11.1. The number of Topliss-reactive ketones (excluding diaryl/α,β-unsaturated/α-hetero) is 1. The molecule has 0 aliphatic heterocycles. The van der Waals surface area contributed by atoms with Gasteiger partial charge in [-0.05, 0) is 6.42 Å². The monoisotopic (exact) mass is 175 g/mol. The molecule has 0 aromatic rings. The molecule has 0 amide bonds. The van der Waals surface area contributed by atoms with Gasteiger partial charge in [0, 0.05) is 6.42 Å². The highest BCUT2D eigenvalue weighted by atomic mass is 16.4. The van der Waals surface area contributed by atoms with Crippen LogP contribution in [0.1, 0.15) is 19.8 Å². The van der Waals surface area contributed by atoms with E-state index in [1.54, 1.807) is 6.92 Å². The molecule has 0 saturated carbocycles. The van der Waals surface area contributed by atoms with Gasteiger partial charge >= 0.3 is 5.97 Å². The van der Waals surface area contributed by atoms with E-state index in [-0.39, 0.29) is 6.42 Å². The molecule has 0 aromatic carbocycles. The zero-order valence-corrected chi connectivity index (χ0v) is 6.91. The largest absolute Gasteiger partial charge is 0.479 e. The van der Waals surface area contributed by atoms with Crippen molar-refractivity contribution in [3.05, 3.63) is 0 Å². The highest BCUT2D eigenvalue weighted by molar-refractivity contribution is 6.07. The summed E-state index contributed by atoms with van der Waals surface area (Å²) in [5.41, 5.74) is 3.06. The van der Waals surface area contributed by atoms with Crippen molar-refractivity contribution in [2.24, 2.45) is 5.73 Å². The Morgan fingerprint density at radius 2 is 2.00 bits per heavy atom. The first-order valence-corrected chi connectivity index (χ1v) is 3.65. The Balaban J connectivity index is 4.52. The van der Waals surface area contributed by atoms with Gasteiger partial charge in [-0.1, -0.05) is 6.92 Å². The minimum absolute atomic E-state index is 0.0728. The third-order valence-corrected chi connectivity index (χ3v) is 1.61. The molecule has 12 heavy (non-hydrogen) atoms. The molecule has 5 heteroatoms. The van der Waals surface area contributed by atoms with Crippen LogP contribution in [0, 0.1) is 0 Å². The van der Waals surface area contributed by atoms with Crippen LogP contribution in [0.25, 0.3) is 0 Å². The summed E-state index contributed by atoms with van der Waals surface area (Å²) in [5, 5.41) is 17.1. The Kier molecular flexibility index (Phi) is 3.85. The lowest BCUT2D eigenvalue weighted by atomic mass is 9.93. The molecule has 0 heterocycles. The standard InChI is InChI=1S/C7H13NO4/c1-2-3-5(10)7(8,4-9)6(11)12/h9H,2-4,8H2,1H3,(H,11,12). The summed E-state index contributed by atoms with van der Waals surface area (Å²) in [6.07, 6.45) is 0.592. The number of rotatable bonds is 5. The number of aliphatic hydroxyl groups excluding tert-OH is 1. The number of nitrogens with two attached hydrogens (primary N) is 1. The van der Waals surface area contributed by atoms with E-state index in [0.29, 0.717) is 6.42 Å². The number of ketones is 1. The Bertz CT molecular complexity index is 192. The lowest BCUT2D eigenvalue weighted by Gasteiger charge is -2.19. The van der Waals surface area contributed by atoms with Crippen LogP contribution >= 0.6 is 0 Å². The molecule has 1 unspecified atom stereocenters. The van der Waals surface area contributed by atoms with Crippen LogP contribution in [0.4, 0.5) is 0 Å². The second-order valence-corrected chi connectivity index (χ2v) is 2.61. The van der Waals surface area contributed by atoms with Gasteiger partial charge in [-0.15, -0.1) is 0 Å². The average molecular weight is 175 g/mol. The first-order chi connectivity index (χ1) is 5.49. The van der Waals surface area contributed by atoms with E-state index in [9.17, 15) is 9.59 Å². The van der Waals surface area contributed by atoms with E-state index in [1.807, 2.05) is 0 Å². The van der Waals surface area contributed by atoms with Crippen LogP contribution in [0.2, 0.25) is 0 Å². The number of carbonyl (C=O) groups is 2. The SMILES string of the molecule is CCCC(=O)C(N)(CO)C(=O)O. The third kappa shape index (κ3) is 2.02. The van der Waals surface area contributed by atoms with Crippen molar-refractivity contribution in [1.29, 1.82) is 0 Å². The molecule has 0 spiro atoms. The Labute approximate surface area is 70.2 Å². The maximum Gasteiger partial charge on any atom is 0.333 e. The molecule has 70 valence electrons. The summed E-state index contributed by atoms with van der Waals surface area (Å²) in [4.78, 5) is 21.5. The van der Waals surface area contributed by atoms with Gasteiger partial charge in [0.15, 0.2) is 11.3 Å². The van der Waals surface area contributed by atoms with Gasteiger partial charge in [0.25, 0.3) is 0 Å². The summed E-state index contributed by atoms with van der Waals surface area (Å²) in [6.45, 7) is 0.874. The molecule has 0 rings (SSSR count). The molecule has 0 fully saturated rings. The smallest absolute Gasteiger partial charge is 0.333 e. The fourth-order valence-corrected chi connectivity index (χ4v) is 0.725. The summed E-state index contributed by atoms with van der Waals surface area (Å²) in [5.74, 6) is -2.12. The van der Waals surface area contributed by atoms with Crippen LogP contribution in [0.15, 0.2) is 0 Å². The van der Waals surface area contributed by atoms with Crippen LogP contribution in [-0.4, -0.2) is 34.1 Å². The number of hydrogen-bond acceptors (Lipinski definition) is 4. The van der Waals surface area contributed by atoms with Gasteiger partial charge in [0.1, 0.15) is 0 Å². The zero-order valence-electron chi connectivity index (χ0n) is 6.91. The van der Waals surface area contributed by atoms with Crippen molar-refractivity contribution in [2.75, 3.05) is 6.61 Å². The normalized spacial score (nSPS) is 15.2. The highest BCUT2D eigenvalue weighted by Crippen LogP contribution is 2.06. The minimum Gasteiger partial charge on any atom is -0.479 e. The van der Waals surface area contributed by atoms with Gasteiger partial charge in [0.05, 0.1) is 6.61 Å². The van der Waals surface area contributed by atoms with Crippen LogP contribution in [-0.2, 0) is 9.59 Å². The van der Waals surface area contributed by atoms with Crippen LogP contribution in [0.3, 0.4) is 0 Å². The third-order valence-electron chi connectivity index (χ3n) is 1.61. The van der Waals surface area contributed by atoms with E-state index in [0.717, 1.165) is 0 Å². The van der Waals surface area contributed by atoms with Crippen molar-refractivity contribution in [1.82, 2.24) is 0 Å². The molecule has 0 aliphatic carbocycles. The molecular weight excluding hydrogens is 162 g/mol. The topological polar surface area (TPSA) is 101 Å². The number of carboxylic acid groups (broad SMARTS) is 1. The predicted molar refractivity (Wildman–Crippen MR) is 41.6 cm³/mol. The summed E-state index contributed by atoms with van der Waals surface area (Å²) < 4.78 is 0. The average Bonchev–Trinajstić information content (AvgIpc) is 2.03. The molecule has 0 saturated heterocycles. The van der Waals surface area contributed by atoms with Crippen molar-refractivity contribution < 1.29 is 19.8 Å². The van der Waals surface area contributed by atoms with E-state index in [2.05, 4.69) is 0 Å². The van der Waals surface area contributed by atoms with Crippen LogP contribution < -0.4 is 5.73 Å². The van der Waals surface area contributed by atoms with E-state index in [4.69, 9.17) is 15.9 Å². The van der Waals surface area contributed by atoms with Gasteiger partial charge < -0.3 is 15.9 Å². The number of aliphatic carboxylic acids is 1. The van der Waals surface area contributed by atoms with Crippen molar-refractivity contribution in [3.8, 4) is 0 Å². The Morgan fingerprint density at radius 3 is 2.25 bits per heavy atom. The second-order valence-electron chi connectivity index (χ2n) is 2.61. The number of carboxylic acids is 1. The molecule has 0 radical (unpaired) electrons. The van der Waals surface area contributed by atoms with Crippen molar-refractivity contribution in [3.63, 3.8) is 0 Å². The van der Waals surface area contributed by atoms with E-state index >= 15 is 0 Å². The Morgan fingerprint density at radius 1 is 1.50 bits per heavy atom. The number of hydrogen-bond donors (Lipinski definition) is 3. The van der Waals surface area contributed by atoms with E-state index in [1.165, 1.54) is 0 Å². The molecular formula is C7H13NO4. The molecule has 4 N–H and O–H groups in total. The summed E-state index contributed by atoms with van der Waals surface area (Å²) in [7, 11) is 0. The van der Waals surface area contributed by atoms with Crippen molar-refractivity contribution in [2.45, 2.75) is 25.3 Å². The second kappa shape index (κ2) is 4.18. The first-order valence-electron chi connectivity index (χ1n) is 3.65. The fourth-order valence-electron chi connectivity index (χ4n) is 0.725. The predicted octanol–water partition coefficient (Wildman–Crippen LogP) is -0.870. The lowest BCUT2D eigenvalue weighted by molar-refractivity contribution is -0.150. The molecule has 0 aliphatic rings. The van der Waals surface area contributed by atoms with Gasteiger partial charge in [-0.25, -0.2) is 4.79 Å². The zero-order chi connectivity index (χ0) is 9.78. The minimum atomic E-state index is -2.12. The first kappa shape index (κ1) is 11.1. The highest BCUT2D eigenvalue weighted by Gasteiger charge is 2.40. The van der Waals surface area contributed by atoms with Crippen molar-refractivity contribution >= 4 is 11.8 Å². The van der Waals surface area contributed by atoms with E-state index < -0.39 is 23.9 Å². The van der Waals surface area contributed by atoms with Gasteiger partial charge in [-0.2, -0.15) is 0 Å². The number of carbonyl (C=O) groups excluding carboxylic acids is 1. The fraction of sp³-hybridized carbons (Fsp3) is 0.714. The quantitative estimate of drug-likeness (QED) is 0.471. The maximum absolute atomic E-state index is 11.1. The molecule has 5 nitrogen and oxygen atoms in total. The molecule has 0 aromatic heterocycles. The number of aliphatic hydroxyl groups is 1.